The van der Waals surface area contributed by atoms with Gasteiger partial charge >= 0.3 is 0 Å². The van der Waals surface area contributed by atoms with Crippen molar-refractivity contribution in [1.82, 2.24) is 0 Å². The van der Waals surface area contributed by atoms with Crippen LogP contribution in [0.15, 0.2) is 6.07 Å². The standard InChI is InChI=1S/C14H15FN2S/c1-4-7(2)11-8(3)5-10(15)13-12(11)9(6-16)14(17)18-13/h5,7H,4,17H2,1-3H3. The van der Waals surface area contributed by atoms with Crippen molar-refractivity contribution in [3.05, 3.63) is 28.6 Å². The number of halogens is 1. The van der Waals surface area contributed by atoms with E-state index in [0.29, 0.717) is 20.7 Å². The highest BCUT2D eigenvalue weighted by atomic mass is 32.1. The predicted molar refractivity (Wildman–Crippen MR) is 74.4 cm³/mol. The molecular weight excluding hydrogens is 247 g/mol. The van der Waals surface area contributed by atoms with Crippen molar-refractivity contribution in [2.24, 2.45) is 0 Å². The first-order valence-corrected chi connectivity index (χ1v) is 6.73. The molecule has 1 atom stereocenters. The van der Waals surface area contributed by atoms with Crippen LogP contribution in [0, 0.1) is 24.1 Å². The molecule has 0 saturated carbocycles. The fraction of sp³-hybridized carbons (Fsp3) is 0.357. The van der Waals surface area contributed by atoms with E-state index >= 15 is 0 Å². The first kappa shape index (κ1) is 12.8. The molecule has 1 aromatic heterocycles. The number of benzene rings is 1. The van der Waals surface area contributed by atoms with Crippen molar-refractivity contribution in [3.63, 3.8) is 0 Å². The predicted octanol–water partition coefficient (Wildman–Crippen LogP) is 4.32. The largest absolute Gasteiger partial charge is 0.389 e. The zero-order valence-electron chi connectivity index (χ0n) is 10.7. The van der Waals surface area contributed by atoms with Gasteiger partial charge in [0.25, 0.3) is 0 Å². The second-order valence-electron chi connectivity index (χ2n) is 4.56. The van der Waals surface area contributed by atoms with E-state index in [4.69, 9.17) is 5.73 Å². The number of nitriles is 1. The van der Waals surface area contributed by atoms with Gasteiger partial charge in [0.15, 0.2) is 0 Å². The number of rotatable bonds is 2. The third-order valence-electron chi connectivity index (χ3n) is 3.41. The number of aryl methyl sites for hydroxylation is 1. The minimum atomic E-state index is -0.284. The Hall–Kier alpha value is -1.60. The van der Waals surface area contributed by atoms with Crippen LogP contribution in [-0.2, 0) is 0 Å². The van der Waals surface area contributed by atoms with Crippen LogP contribution in [0.25, 0.3) is 10.1 Å². The van der Waals surface area contributed by atoms with E-state index in [0.717, 1.165) is 28.9 Å². The summed E-state index contributed by atoms with van der Waals surface area (Å²) in [6.07, 6.45) is 0.947. The Morgan fingerprint density at radius 2 is 2.22 bits per heavy atom. The number of hydrogen-bond acceptors (Lipinski definition) is 3. The monoisotopic (exact) mass is 262 g/mol. The topological polar surface area (TPSA) is 49.8 Å². The van der Waals surface area contributed by atoms with E-state index in [1.807, 2.05) is 6.92 Å². The third-order valence-corrected chi connectivity index (χ3v) is 4.43. The van der Waals surface area contributed by atoms with Gasteiger partial charge in [-0.25, -0.2) is 4.39 Å². The molecule has 0 aliphatic carbocycles. The molecule has 1 unspecified atom stereocenters. The molecule has 0 bridgehead atoms. The fourth-order valence-corrected chi connectivity index (χ4v) is 3.29. The maximum Gasteiger partial charge on any atom is 0.141 e. The number of hydrogen-bond donors (Lipinski definition) is 1. The summed E-state index contributed by atoms with van der Waals surface area (Å²) in [5, 5.41) is 10.3. The lowest BCUT2D eigenvalue weighted by Crippen LogP contribution is -1.98. The summed E-state index contributed by atoms with van der Waals surface area (Å²) in [6.45, 7) is 6.06. The second kappa shape index (κ2) is 4.58. The molecule has 94 valence electrons. The molecule has 1 heterocycles. The molecule has 0 amide bonds. The van der Waals surface area contributed by atoms with Gasteiger partial charge in [0.1, 0.15) is 16.9 Å². The molecule has 2 rings (SSSR count). The molecule has 0 fully saturated rings. The summed E-state index contributed by atoms with van der Waals surface area (Å²) in [4.78, 5) is 0. The summed E-state index contributed by atoms with van der Waals surface area (Å²) in [5.41, 5.74) is 8.19. The Kier molecular flexibility index (Phi) is 3.27. The molecule has 0 aliphatic rings. The fourth-order valence-electron chi connectivity index (χ4n) is 2.35. The minimum Gasteiger partial charge on any atom is -0.389 e. The molecule has 0 saturated heterocycles. The van der Waals surface area contributed by atoms with Crippen LogP contribution in [0.2, 0.25) is 0 Å². The van der Waals surface area contributed by atoms with Gasteiger partial charge in [-0.1, -0.05) is 13.8 Å². The molecule has 0 aliphatic heterocycles. The Morgan fingerprint density at radius 3 is 2.78 bits per heavy atom. The molecule has 0 radical (unpaired) electrons. The van der Waals surface area contributed by atoms with Crippen molar-refractivity contribution >= 4 is 26.4 Å². The highest BCUT2D eigenvalue weighted by Gasteiger charge is 2.21. The first-order valence-electron chi connectivity index (χ1n) is 5.92. The molecule has 4 heteroatoms. The Morgan fingerprint density at radius 1 is 1.56 bits per heavy atom. The number of nitrogens with two attached hydrogens (primary N) is 1. The molecule has 0 spiro atoms. The molecule has 1 aromatic carbocycles. The molecule has 2 nitrogen and oxygen atoms in total. The van der Waals surface area contributed by atoms with Crippen LogP contribution in [0.3, 0.4) is 0 Å². The van der Waals surface area contributed by atoms with Crippen molar-refractivity contribution in [1.29, 1.82) is 5.26 Å². The SMILES string of the molecule is CCC(C)c1c(C)cc(F)c2sc(N)c(C#N)c12. The van der Waals surface area contributed by atoms with E-state index in [9.17, 15) is 9.65 Å². The average Bonchev–Trinajstić information content (AvgIpc) is 2.66. The Labute approximate surface area is 110 Å². The van der Waals surface area contributed by atoms with Gasteiger partial charge in [0.05, 0.1) is 10.3 Å². The first-order chi connectivity index (χ1) is 8.51. The van der Waals surface area contributed by atoms with E-state index in [2.05, 4.69) is 19.9 Å². The molecule has 18 heavy (non-hydrogen) atoms. The maximum absolute atomic E-state index is 14.0. The molecule has 2 aromatic rings. The highest BCUT2D eigenvalue weighted by molar-refractivity contribution is 7.23. The van der Waals surface area contributed by atoms with E-state index < -0.39 is 0 Å². The van der Waals surface area contributed by atoms with Gasteiger partial charge in [0, 0.05) is 5.39 Å². The number of thiophene rings is 1. The van der Waals surface area contributed by atoms with Crippen LogP contribution in [0.4, 0.5) is 9.39 Å². The number of anilines is 1. The Balaban J connectivity index is 2.96. The van der Waals surface area contributed by atoms with Crippen molar-refractivity contribution in [2.75, 3.05) is 5.73 Å². The van der Waals surface area contributed by atoms with Gasteiger partial charge in [0.2, 0.25) is 0 Å². The van der Waals surface area contributed by atoms with Crippen molar-refractivity contribution in [2.45, 2.75) is 33.1 Å². The minimum absolute atomic E-state index is 0.284. The number of fused-ring (bicyclic) bond motifs is 1. The van der Waals surface area contributed by atoms with Gasteiger partial charge in [-0.05, 0) is 36.5 Å². The average molecular weight is 262 g/mol. The van der Waals surface area contributed by atoms with E-state index in [-0.39, 0.29) is 11.7 Å². The smallest absolute Gasteiger partial charge is 0.141 e. The summed E-state index contributed by atoms with van der Waals surface area (Å²) >= 11 is 1.16. The zero-order valence-corrected chi connectivity index (χ0v) is 11.5. The summed E-state index contributed by atoms with van der Waals surface area (Å²) in [5.74, 6) is 0.00181. The maximum atomic E-state index is 14.0. The normalized spacial score (nSPS) is 12.6. The quantitative estimate of drug-likeness (QED) is 0.876. The van der Waals surface area contributed by atoms with Crippen molar-refractivity contribution in [3.8, 4) is 6.07 Å². The second-order valence-corrected chi connectivity index (χ2v) is 5.61. The zero-order chi connectivity index (χ0) is 13.4. The molecular formula is C14H15FN2S. The summed E-state index contributed by atoms with van der Waals surface area (Å²) in [7, 11) is 0. The van der Waals surface area contributed by atoms with Gasteiger partial charge in [-0.2, -0.15) is 5.26 Å². The lowest BCUT2D eigenvalue weighted by molar-refractivity contribution is 0.638. The van der Waals surface area contributed by atoms with Gasteiger partial charge < -0.3 is 5.73 Å². The van der Waals surface area contributed by atoms with Crippen LogP contribution < -0.4 is 5.73 Å². The van der Waals surface area contributed by atoms with Crippen molar-refractivity contribution < 1.29 is 4.39 Å². The Bertz CT molecular complexity index is 652. The number of nitrogens with zero attached hydrogens (tertiary/aromatic N) is 1. The van der Waals surface area contributed by atoms with Crippen LogP contribution >= 0.6 is 11.3 Å². The lowest BCUT2D eigenvalue weighted by atomic mass is 9.90. The van der Waals surface area contributed by atoms with Gasteiger partial charge in [-0.3, -0.25) is 0 Å². The highest BCUT2D eigenvalue weighted by Crippen LogP contribution is 2.41. The third kappa shape index (κ3) is 1.75. The summed E-state index contributed by atoms with van der Waals surface area (Å²) in [6, 6.07) is 3.65. The lowest BCUT2D eigenvalue weighted by Gasteiger charge is -2.15. The van der Waals surface area contributed by atoms with Crippen LogP contribution in [0.5, 0.6) is 0 Å². The van der Waals surface area contributed by atoms with E-state index in [1.165, 1.54) is 0 Å². The number of nitrogen functional groups attached to an aromatic ring is 1. The molecule has 2 N–H and O–H groups in total. The van der Waals surface area contributed by atoms with Crippen LogP contribution in [0.1, 0.15) is 42.9 Å². The van der Waals surface area contributed by atoms with E-state index in [1.54, 1.807) is 6.07 Å². The summed E-state index contributed by atoms with van der Waals surface area (Å²) < 4.78 is 14.5. The van der Waals surface area contributed by atoms with Gasteiger partial charge in [-0.15, -0.1) is 11.3 Å². The van der Waals surface area contributed by atoms with Crippen LogP contribution in [-0.4, -0.2) is 0 Å².